The highest BCUT2D eigenvalue weighted by molar-refractivity contribution is 5.22. The molecule has 4 heteroatoms. The van der Waals surface area contributed by atoms with Crippen molar-refractivity contribution in [2.24, 2.45) is 5.73 Å². The smallest absolute Gasteiger partial charge is 0.170 e. The SMILES string of the molecule is NCc1ccc(CN2CCC3(CC2)OCCO3)cc1. The summed E-state index contributed by atoms with van der Waals surface area (Å²) in [5.74, 6) is -0.264. The molecule has 4 nitrogen and oxygen atoms in total. The quantitative estimate of drug-likeness (QED) is 0.896. The molecule has 0 unspecified atom stereocenters. The van der Waals surface area contributed by atoms with Gasteiger partial charge in [-0.3, -0.25) is 4.90 Å². The van der Waals surface area contributed by atoms with E-state index in [1.54, 1.807) is 0 Å². The Bertz CT molecular complexity index is 403. The zero-order chi connectivity index (χ0) is 13.1. The summed E-state index contributed by atoms with van der Waals surface area (Å²) in [5, 5.41) is 0. The topological polar surface area (TPSA) is 47.7 Å². The molecule has 1 spiro atoms. The first-order valence-corrected chi connectivity index (χ1v) is 7.08. The van der Waals surface area contributed by atoms with E-state index in [-0.39, 0.29) is 5.79 Å². The Labute approximate surface area is 114 Å². The molecule has 0 saturated carbocycles. The summed E-state index contributed by atoms with van der Waals surface area (Å²) >= 11 is 0. The maximum Gasteiger partial charge on any atom is 0.170 e. The summed E-state index contributed by atoms with van der Waals surface area (Å²) in [7, 11) is 0. The fraction of sp³-hybridized carbons (Fsp3) is 0.600. The van der Waals surface area contributed by atoms with Crippen molar-refractivity contribution in [1.29, 1.82) is 0 Å². The van der Waals surface area contributed by atoms with Gasteiger partial charge in [-0.25, -0.2) is 0 Å². The molecule has 2 aliphatic heterocycles. The third kappa shape index (κ3) is 2.98. The number of rotatable bonds is 3. The van der Waals surface area contributed by atoms with Gasteiger partial charge >= 0.3 is 0 Å². The molecule has 0 amide bonds. The number of likely N-dealkylation sites (tertiary alicyclic amines) is 1. The lowest BCUT2D eigenvalue weighted by atomic mass is 10.0. The van der Waals surface area contributed by atoms with E-state index in [9.17, 15) is 0 Å². The Kier molecular flexibility index (Phi) is 3.84. The van der Waals surface area contributed by atoms with E-state index >= 15 is 0 Å². The van der Waals surface area contributed by atoms with Crippen LogP contribution in [0.2, 0.25) is 0 Å². The first kappa shape index (κ1) is 13.1. The molecule has 2 fully saturated rings. The first-order valence-electron chi connectivity index (χ1n) is 7.08. The van der Waals surface area contributed by atoms with Crippen LogP contribution in [0.5, 0.6) is 0 Å². The predicted molar refractivity (Wildman–Crippen MR) is 73.5 cm³/mol. The van der Waals surface area contributed by atoms with Crippen LogP contribution in [0.1, 0.15) is 24.0 Å². The van der Waals surface area contributed by atoms with E-state index < -0.39 is 0 Å². The highest BCUT2D eigenvalue weighted by Crippen LogP contribution is 2.31. The molecule has 2 N–H and O–H groups in total. The summed E-state index contributed by atoms with van der Waals surface area (Å²) in [5.41, 5.74) is 8.15. The molecule has 0 atom stereocenters. The Hall–Kier alpha value is -0.940. The number of nitrogens with zero attached hydrogens (tertiary/aromatic N) is 1. The van der Waals surface area contributed by atoms with Gasteiger partial charge < -0.3 is 15.2 Å². The normalized spacial score (nSPS) is 23.0. The first-order chi connectivity index (χ1) is 9.30. The van der Waals surface area contributed by atoms with Gasteiger partial charge in [0.1, 0.15) is 0 Å². The van der Waals surface area contributed by atoms with Crippen LogP contribution in [0.15, 0.2) is 24.3 Å². The summed E-state index contributed by atoms with van der Waals surface area (Å²) in [6.45, 7) is 5.19. The number of benzene rings is 1. The average molecular weight is 262 g/mol. The van der Waals surface area contributed by atoms with Gasteiger partial charge in [0.25, 0.3) is 0 Å². The predicted octanol–water partition coefficient (Wildman–Crippen LogP) is 1.48. The third-order valence-electron chi connectivity index (χ3n) is 4.10. The van der Waals surface area contributed by atoms with Crippen molar-refractivity contribution < 1.29 is 9.47 Å². The zero-order valence-electron chi connectivity index (χ0n) is 11.3. The molecule has 2 heterocycles. The maximum absolute atomic E-state index is 5.75. The minimum Gasteiger partial charge on any atom is -0.347 e. The minimum absolute atomic E-state index is 0.264. The molecule has 0 radical (unpaired) electrons. The van der Waals surface area contributed by atoms with Gasteiger partial charge in [0.05, 0.1) is 13.2 Å². The fourth-order valence-corrected chi connectivity index (χ4v) is 2.88. The molecule has 0 bridgehead atoms. The summed E-state index contributed by atoms with van der Waals surface area (Å²) in [4.78, 5) is 2.47. The second-order valence-electron chi connectivity index (χ2n) is 5.40. The number of hydrogen-bond donors (Lipinski definition) is 1. The second-order valence-corrected chi connectivity index (χ2v) is 5.40. The van der Waals surface area contributed by atoms with Gasteiger partial charge in [-0.15, -0.1) is 0 Å². The maximum atomic E-state index is 5.75. The number of nitrogens with two attached hydrogens (primary N) is 1. The van der Waals surface area contributed by atoms with Gasteiger partial charge in [-0.1, -0.05) is 24.3 Å². The highest BCUT2D eigenvalue weighted by Gasteiger charge is 2.39. The number of hydrogen-bond acceptors (Lipinski definition) is 4. The van der Waals surface area contributed by atoms with E-state index in [1.165, 1.54) is 11.1 Å². The van der Waals surface area contributed by atoms with Gasteiger partial charge in [-0.05, 0) is 11.1 Å². The van der Waals surface area contributed by atoms with Crippen LogP contribution in [-0.2, 0) is 22.6 Å². The number of ether oxygens (including phenoxy) is 2. The molecular weight excluding hydrogens is 240 g/mol. The lowest BCUT2D eigenvalue weighted by Crippen LogP contribution is -2.44. The van der Waals surface area contributed by atoms with Crippen LogP contribution in [0, 0.1) is 0 Å². The van der Waals surface area contributed by atoms with Gasteiger partial charge in [0, 0.05) is 39.0 Å². The Morgan fingerprint density at radius 1 is 1.00 bits per heavy atom. The van der Waals surface area contributed by atoms with E-state index in [2.05, 4.69) is 29.2 Å². The van der Waals surface area contributed by atoms with Crippen molar-refractivity contribution >= 4 is 0 Å². The van der Waals surface area contributed by atoms with Crippen LogP contribution >= 0.6 is 0 Å². The molecule has 0 aliphatic carbocycles. The van der Waals surface area contributed by atoms with Crippen LogP contribution < -0.4 is 5.73 Å². The molecule has 1 aromatic rings. The van der Waals surface area contributed by atoms with Crippen molar-refractivity contribution in [3.8, 4) is 0 Å². The molecule has 104 valence electrons. The van der Waals surface area contributed by atoms with Crippen molar-refractivity contribution in [2.75, 3.05) is 26.3 Å². The average Bonchev–Trinajstić information content (AvgIpc) is 2.91. The van der Waals surface area contributed by atoms with Crippen molar-refractivity contribution in [3.63, 3.8) is 0 Å². The third-order valence-corrected chi connectivity index (χ3v) is 4.10. The van der Waals surface area contributed by atoms with Gasteiger partial charge in [0.15, 0.2) is 5.79 Å². The largest absolute Gasteiger partial charge is 0.347 e. The van der Waals surface area contributed by atoms with Crippen molar-refractivity contribution in [1.82, 2.24) is 4.90 Å². The summed E-state index contributed by atoms with van der Waals surface area (Å²) in [6.07, 6.45) is 1.96. The zero-order valence-corrected chi connectivity index (χ0v) is 11.3. The molecule has 1 aromatic carbocycles. The second kappa shape index (κ2) is 5.59. The molecule has 2 aliphatic rings. The van der Waals surface area contributed by atoms with Crippen molar-refractivity contribution in [3.05, 3.63) is 35.4 Å². The van der Waals surface area contributed by atoms with E-state index in [4.69, 9.17) is 15.2 Å². The minimum atomic E-state index is -0.264. The summed E-state index contributed by atoms with van der Waals surface area (Å²) < 4.78 is 11.5. The lowest BCUT2D eigenvalue weighted by molar-refractivity contribution is -0.185. The Morgan fingerprint density at radius 3 is 2.16 bits per heavy atom. The molecular formula is C15H22N2O2. The molecule has 2 saturated heterocycles. The lowest BCUT2D eigenvalue weighted by Gasteiger charge is -2.37. The van der Waals surface area contributed by atoms with Crippen LogP contribution in [0.4, 0.5) is 0 Å². The highest BCUT2D eigenvalue weighted by atomic mass is 16.7. The van der Waals surface area contributed by atoms with Gasteiger partial charge in [0.2, 0.25) is 0 Å². The Balaban J connectivity index is 1.53. The van der Waals surface area contributed by atoms with Crippen molar-refractivity contribution in [2.45, 2.75) is 31.7 Å². The molecule has 3 rings (SSSR count). The van der Waals surface area contributed by atoms with Crippen LogP contribution in [0.25, 0.3) is 0 Å². The monoisotopic (exact) mass is 262 g/mol. The van der Waals surface area contributed by atoms with Crippen LogP contribution in [-0.4, -0.2) is 37.0 Å². The fourth-order valence-electron chi connectivity index (χ4n) is 2.88. The molecule has 19 heavy (non-hydrogen) atoms. The molecule has 0 aromatic heterocycles. The van der Waals surface area contributed by atoms with E-state index in [1.807, 2.05) is 0 Å². The number of piperidine rings is 1. The Morgan fingerprint density at radius 2 is 1.58 bits per heavy atom. The van der Waals surface area contributed by atoms with Gasteiger partial charge in [-0.2, -0.15) is 0 Å². The standard InChI is InChI=1S/C15H22N2O2/c16-11-13-1-3-14(4-2-13)12-17-7-5-15(6-8-17)18-9-10-19-15/h1-4H,5-12,16H2. The van der Waals surface area contributed by atoms with E-state index in [0.717, 1.165) is 45.7 Å². The van der Waals surface area contributed by atoms with E-state index in [0.29, 0.717) is 6.54 Å². The van der Waals surface area contributed by atoms with Crippen LogP contribution in [0.3, 0.4) is 0 Å². The summed E-state index contributed by atoms with van der Waals surface area (Å²) in [6, 6.07) is 8.58.